The van der Waals surface area contributed by atoms with Crippen molar-refractivity contribution in [2.45, 2.75) is 24.6 Å². The first-order chi connectivity index (χ1) is 14.2. The van der Waals surface area contributed by atoms with Crippen LogP contribution in [0.15, 0.2) is 36.4 Å². The number of β-amino-alcohol motifs (C(OH)–C–C–N with tert-alkyl or cyclic N) is 1. The molecule has 0 radical (unpaired) electrons. The summed E-state index contributed by atoms with van der Waals surface area (Å²) in [6, 6.07) is 4.78. The van der Waals surface area contributed by atoms with E-state index in [9.17, 15) is 44.6 Å². The number of nitrogens with zero attached hydrogens (tertiary/aromatic N) is 1. The Morgan fingerprint density at radius 2 is 1.48 bits per heavy atom. The van der Waals surface area contributed by atoms with Crippen LogP contribution >= 0.6 is 0 Å². The first-order valence-corrected chi connectivity index (χ1v) is 8.73. The minimum Gasteiger partial charge on any atom is -0.489 e. The number of benzene rings is 2. The van der Waals surface area contributed by atoms with Gasteiger partial charge in [0, 0.05) is 5.56 Å². The largest absolute Gasteiger partial charge is 0.489 e. The number of alkyl halides is 9. The molecule has 2 aromatic carbocycles. The van der Waals surface area contributed by atoms with Crippen LogP contribution in [-0.4, -0.2) is 37.1 Å². The number of halogens is 9. The molecule has 1 N–H and O–H groups in total. The number of hydrogen-bond donors (Lipinski definition) is 1. The smallest absolute Gasteiger partial charge is 0.416 e. The van der Waals surface area contributed by atoms with E-state index in [0.29, 0.717) is 12.1 Å². The van der Waals surface area contributed by atoms with Crippen molar-refractivity contribution in [1.82, 2.24) is 0 Å². The molecule has 0 bridgehead atoms. The molecule has 0 spiro atoms. The molecule has 0 saturated carbocycles. The van der Waals surface area contributed by atoms with Gasteiger partial charge in [0.05, 0.1) is 29.9 Å². The van der Waals surface area contributed by atoms with E-state index in [1.54, 1.807) is 0 Å². The van der Waals surface area contributed by atoms with Crippen molar-refractivity contribution in [3.8, 4) is 16.9 Å². The molecule has 12 heteroatoms. The molecule has 0 aromatic heterocycles. The molecule has 0 fully saturated rings. The van der Waals surface area contributed by atoms with Crippen LogP contribution in [0.3, 0.4) is 0 Å². The molecule has 170 valence electrons. The predicted octanol–water partition coefficient (Wildman–Crippen LogP) is 5.51. The Morgan fingerprint density at radius 3 is 2.00 bits per heavy atom. The molecule has 1 heterocycles. The molecule has 2 aromatic rings. The maximum atomic E-state index is 13.2. The Labute approximate surface area is 169 Å². The van der Waals surface area contributed by atoms with Crippen LogP contribution in [0.5, 0.6) is 5.75 Å². The molecule has 0 amide bonds. The molecule has 0 aliphatic carbocycles. The zero-order chi connectivity index (χ0) is 23.2. The van der Waals surface area contributed by atoms with E-state index >= 15 is 0 Å². The molecule has 1 aliphatic rings. The molecular weight excluding hydrogens is 445 g/mol. The Balaban J connectivity index is 2.10. The van der Waals surface area contributed by atoms with Crippen LogP contribution in [-0.2, 0) is 12.4 Å². The van der Waals surface area contributed by atoms with Gasteiger partial charge in [0.25, 0.3) is 0 Å². The van der Waals surface area contributed by atoms with Crippen molar-refractivity contribution >= 4 is 5.69 Å². The van der Waals surface area contributed by atoms with E-state index in [-0.39, 0.29) is 36.2 Å². The number of ether oxygens (including phenoxy) is 1. The summed E-state index contributed by atoms with van der Waals surface area (Å²) in [6.45, 7) is -1.13. The third kappa shape index (κ3) is 5.00. The summed E-state index contributed by atoms with van der Waals surface area (Å²) < 4.78 is 123. The van der Waals surface area contributed by atoms with E-state index in [2.05, 4.69) is 0 Å². The van der Waals surface area contributed by atoms with Crippen molar-refractivity contribution in [1.29, 1.82) is 0 Å². The van der Waals surface area contributed by atoms with E-state index in [0.717, 1.165) is 4.90 Å². The summed E-state index contributed by atoms with van der Waals surface area (Å²) in [5, 5.41) is 9.34. The molecule has 3 rings (SSSR count). The van der Waals surface area contributed by atoms with Gasteiger partial charge < -0.3 is 14.7 Å². The van der Waals surface area contributed by atoms with E-state index < -0.39 is 47.9 Å². The average molecular weight is 459 g/mol. The van der Waals surface area contributed by atoms with E-state index in [1.165, 1.54) is 18.2 Å². The van der Waals surface area contributed by atoms with Crippen molar-refractivity contribution in [3.05, 3.63) is 47.5 Å². The third-order valence-electron chi connectivity index (χ3n) is 4.61. The normalized spacial score (nSPS) is 16.0. The number of hydrogen-bond acceptors (Lipinski definition) is 3. The fourth-order valence-electron chi connectivity index (χ4n) is 3.14. The molecule has 0 saturated heterocycles. The highest BCUT2D eigenvalue weighted by atomic mass is 19.4. The second-order valence-electron chi connectivity index (χ2n) is 6.80. The lowest BCUT2D eigenvalue weighted by Gasteiger charge is -2.34. The molecule has 1 aliphatic heterocycles. The Bertz CT molecular complexity index is 919. The summed E-state index contributed by atoms with van der Waals surface area (Å²) >= 11 is 0. The van der Waals surface area contributed by atoms with Gasteiger partial charge in [-0.2, -0.15) is 39.5 Å². The van der Waals surface area contributed by atoms with Crippen molar-refractivity contribution in [2.24, 2.45) is 0 Å². The van der Waals surface area contributed by atoms with E-state index in [1.807, 2.05) is 0 Å². The van der Waals surface area contributed by atoms with Crippen LogP contribution in [0.2, 0.25) is 0 Å². The minimum absolute atomic E-state index is 0.0121. The molecule has 0 unspecified atom stereocenters. The lowest BCUT2D eigenvalue weighted by molar-refractivity contribution is -0.200. The maximum absolute atomic E-state index is 13.2. The van der Waals surface area contributed by atoms with Gasteiger partial charge in [-0.05, 0) is 29.8 Å². The van der Waals surface area contributed by atoms with Gasteiger partial charge in [0.15, 0.2) is 11.9 Å². The van der Waals surface area contributed by atoms with Crippen molar-refractivity contribution in [2.75, 3.05) is 24.6 Å². The standard InChI is InChI=1S/C19H14F9NO2/c20-17(21,22)11-6-10(7-12(8-11)18(23,24)25)13-2-1-3-14-16(13)31-5-4-29(14)9-15(30)19(26,27)28/h1-3,6-8,15,30H,4-5,9H2/t15-/m0/s1. The molecule has 31 heavy (non-hydrogen) atoms. The summed E-state index contributed by atoms with van der Waals surface area (Å²) in [7, 11) is 0. The average Bonchev–Trinajstić information content (AvgIpc) is 2.65. The van der Waals surface area contributed by atoms with Crippen LogP contribution in [0.4, 0.5) is 45.2 Å². The Morgan fingerprint density at radius 1 is 0.903 bits per heavy atom. The highest BCUT2D eigenvalue weighted by molar-refractivity contribution is 5.80. The molecule has 1 atom stereocenters. The first-order valence-electron chi connectivity index (χ1n) is 8.73. The van der Waals surface area contributed by atoms with Gasteiger partial charge in [-0.15, -0.1) is 0 Å². The minimum atomic E-state index is -5.06. The fraction of sp³-hybridized carbons (Fsp3) is 0.368. The lowest BCUT2D eigenvalue weighted by atomic mass is 9.97. The second-order valence-corrected chi connectivity index (χ2v) is 6.80. The number of aliphatic hydroxyl groups excluding tert-OH is 1. The third-order valence-corrected chi connectivity index (χ3v) is 4.61. The SMILES string of the molecule is O[C@@H](CN1CCOc2c(-c3cc(C(F)(F)F)cc(C(F)(F)F)c3)cccc21)C(F)(F)F. The summed E-state index contributed by atoms with van der Waals surface area (Å²) in [4.78, 5) is 1.11. The monoisotopic (exact) mass is 459 g/mol. The maximum Gasteiger partial charge on any atom is 0.416 e. The number of anilines is 1. The predicted molar refractivity (Wildman–Crippen MR) is 91.7 cm³/mol. The first kappa shape index (κ1) is 23.0. The highest BCUT2D eigenvalue weighted by Crippen LogP contribution is 2.44. The van der Waals surface area contributed by atoms with Crippen LogP contribution in [0.25, 0.3) is 11.1 Å². The number of fused-ring (bicyclic) bond motifs is 1. The van der Waals surface area contributed by atoms with Crippen LogP contribution < -0.4 is 9.64 Å². The van der Waals surface area contributed by atoms with Crippen LogP contribution in [0.1, 0.15) is 11.1 Å². The number of para-hydroxylation sites is 1. The highest BCUT2D eigenvalue weighted by Gasteiger charge is 2.40. The lowest BCUT2D eigenvalue weighted by Crippen LogP contribution is -2.44. The van der Waals surface area contributed by atoms with Gasteiger partial charge in [-0.25, -0.2) is 0 Å². The zero-order valence-electron chi connectivity index (χ0n) is 15.4. The molecule has 3 nitrogen and oxygen atoms in total. The summed E-state index contributed by atoms with van der Waals surface area (Å²) in [5.41, 5.74) is -3.67. The van der Waals surface area contributed by atoms with E-state index in [4.69, 9.17) is 4.74 Å². The van der Waals surface area contributed by atoms with Gasteiger partial charge >= 0.3 is 18.5 Å². The Hall–Kier alpha value is -2.63. The van der Waals surface area contributed by atoms with Gasteiger partial charge in [-0.3, -0.25) is 0 Å². The summed E-state index contributed by atoms with van der Waals surface area (Å²) in [5.74, 6) is -0.171. The van der Waals surface area contributed by atoms with Gasteiger partial charge in [-0.1, -0.05) is 12.1 Å². The second kappa shape index (κ2) is 7.81. The summed E-state index contributed by atoms with van der Waals surface area (Å²) in [6.07, 6.45) is -17.7. The van der Waals surface area contributed by atoms with Crippen molar-refractivity contribution < 1.29 is 49.4 Å². The zero-order valence-corrected chi connectivity index (χ0v) is 15.4. The Kier molecular flexibility index (Phi) is 5.80. The quantitative estimate of drug-likeness (QED) is 0.615. The topological polar surface area (TPSA) is 32.7 Å². The molecular formula is C19H14F9NO2. The van der Waals surface area contributed by atoms with Crippen molar-refractivity contribution in [3.63, 3.8) is 0 Å². The number of rotatable bonds is 3. The fourth-order valence-corrected chi connectivity index (χ4v) is 3.14. The van der Waals surface area contributed by atoms with Gasteiger partial charge in [0.1, 0.15) is 6.61 Å². The number of aliphatic hydroxyl groups is 1. The van der Waals surface area contributed by atoms with Crippen LogP contribution in [0, 0.1) is 0 Å². The van der Waals surface area contributed by atoms with Gasteiger partial charge in [0.2, 0.25) is 0 Å².